The monoisotopic (exact) mass is 475 g/mol. The Morgan fingerprint density at radius 2 is 1.82 bits per heavy atom. The molecule has 0 aromatic heterocycles. The highest BCUT2D eigenvalue weighted by Gasteiger charge is 2.23. The van der Waals surface area contributed by atoms with Crippen LogP contribution in [-0.4, -0.2) is 59.1 Å². The largest absolute Gasteiger partial charge is 0.481 e. The Morgan fingerprint density at radius 1 is 1.15 bits per heavy atom. The Labute approximate surface area is 195 Å². The Hall–Kier alpha value is -4.42. The second-order valence-electron chi connectivity index (χ2n) is 7.58. The van der Waals surface area contributed by atoms with Gasteiger partial charge in [-0.25, -0.2) is 4.79 Å². The van der Waals surface area contributed by atoms with E-state index in [2.05, 4.69) is 33.2 Å². The summed E-state index contributed by atoms with van der Waals surface area (Å²) in [7, 11) is 0. The van der Waals surface area contributed by atoms with E-state index in [0.717, 1.165) is 5.69 Å². The molecule has 184 valence electrons. The zero-order valence-electron chi connectivity index (χ0n) is 18.4. The summed E-state index contributed by atoms with van der Waals surface area (Å²) >= 11 is 0. The average Bonchev–Trinajstić information content (AvgIpc) is 2.77. The highest BCUT2D eigenvalue weighted by molar-refractivity contribution is 5.97. The molecule has 0 radical (unpaired) electrons. The molecule has 1 aromatic carbocycles. The van der Waals surface area contributed by atoms with Crippen molar-refractivity contribution in [3.63, 3.8) is 0 Å². The molecular weight excluding hydrogens is 446 g/mol. The van der Waals surface area contributed by atoms with Gasteiger partial charge in [0.05, 0.1) is 5.82 Å². The van der Waals surface area contributed by atoms with Crippen molar-refractivity contribution in [2.45, 2.75) is 31.3 Å². The van der Waals surface area contributed by atoms with Gasteiger partial charge in [0, 0.05) is 36.8 Å². The van der Waals surface area contributed by atoms with E-state index in [1.165, 1.54) is 12.1 Å². The van der Waals surface area contributed by atoms with Crippen LogP contribution in [0, 0.1) is 0 Å². The van der Waals surface area contributed by atoms with Crippen molar-refractivity contribution in [1.82, 2.24) is 21.3 Å². The van der Waals surface area contributed by atoms with Gasteiger partial charge in [-0.15, -0.1) is 0 Å². The summed E-state index contributed by atoms with van der Waals surface area (Å²) in [4.78, 5) is 45.9. The van der Waals surface area contributed by atoms with E-state index in [1.807, 2.05) is 0 Å². The van der Waals surface area contributed by atoms with Crippen molar-refractivity contribution in [1.29, 1.82) is 0 Å². The maximum atomic E-state index is 12.3. The second kappa shape index (κ2) is 12.0. The third kappa shape index (κ3) is 7.93. The molecule has 2 amide bonds. The van der Waals surface area contributed by atoms with Crippen molar-refractivity contribution >= 4 is 29.4 Å². The Kier molecular flexibility index (Phi) is 9.11. The fourth-order valence-corrected chi connectivity index (χ4v) is 3.17. The minimum Gasteiger partial charge on any atom is -0.481 e. The van der Waals surface area contributed by atoms with Gasteiger partial charge in [-0.05, 0) is 37.1 Å². The number of carboxylic acid groups (broad SMARTS) is 2. The zero-order chi connectivity index (χ0) is 25.3. The summed E-state index contributed by atoms with van der Waals surface area (Å²) < 4.78 is 0. The number of anilines is 1. The molecule has 11 N–H and O–H groups in total. The van der Waals surface area contributed by atoms with Gasteiger partial charge in [0.15, 0.2) is 0 Å². The molecule has 13 heteroatoms. The summed E-state index contributed by atoms with van der Waals surface area (Å²) in [6.45, 7) is 4.58. The minimum atomic E-state index is -1.30. The highest BCUT2D eigenvalue weighted by Crippen LogP contribution is 2.12. The molecule has 13 nitrogen and oxygen atoms in total. The van der Waals surface area contributed by atoms with Crippen molar-refractivity contribution in [2.75, 3.05) is 18.4 Å². The van der Waals surface area contributed by atoms with Crippen LogP contribution in [-0.2, 0) is 14.4 Å². The van der Waals surface area contributed by atoms with Gasteiger partial charge in [0.25, 0.3) is 11.8 Å². The Bertz CT molecular complexity index is 976. The van der Waals surface area contributed by atoms with Crippen LogP contribution >= 0.6 is 0 Å². The Morgan fingerprint density at radius 3 is 2.38 bits per heavy atom. The van der Waals surface area contributed by atoms with Crippen LogP contribution in [0.1, 0.15) is 29.6 Å². The lowest BCUT2D eigenvalue weighted by atomic mass is 10.1. The average molecular weight is 476 g/mol. The molecule has 0 saturated heterocycles. The summed E-state index contributed by atoms with van der Waals surface area (Å²) in [5, 5.41) is 32.3. The molecule has 0 spiro atoms. The summed E-state index contributed by atoms with van der Waals surface area (Å²) in [6.07, 6.45) is 0.0420. The SMILES string of the molecule is C=C(N)NC1=C(C(N)=O)NC(CCNc2ccc(C(=O)NC(CCC(=O)O)C(=O)O)cc2)CN1. The van der Waals surface area contributed by atoms with Crippen LogP contribution in [0.15, 0.2) is 48.2 Å². The number of benzene rings is 1. The topological polar surface area (TPSA) is 221 Å². The first-order valence-corrected chi connectivity index (χ1v) is 10.4. The van der Waals surface area contributed by atoms with Crippen LogP contribution in [0.5, 0.6) is 0 Å². The normalized spacial score (nSPS) is 15.8. The van der Waals surface area contributed by atoms with Crippen LogP contribution in [0.4, 0.5) is 5.69 Å². The third-order valence-electron chi connectivity index (χ3n) is 4.87. The standard InChI is InChI=1S/C21H29N7O6/c1-11(22)26-19-17(18(23)31)27-14(10-25-19)8-9-24-13-4-2-12(3-5-13)20(32)28-15(21(33)34)6-7-16(29)30/h2-5,14-15,24-27H,1,6-10,22H2,(H2,23,31)(H,28,32)(H,29,30)(H,33,34). The number of carboxylic acids is 2. The van der Waals surface area contributed by atoms with E-state index in [1.54, 1.807) is 12.1 Å². The first kappa shape index (κ1) is 25.8. The lowest BCUT2D eigenvalue weighted by Gasteiger charge is -2.30. The zero-order valence-corrected chi connectivity index (χ0v) is 18.4. The van der Waals surface area contributed by atoms with Crippen LogP contribution in [0.2, 0.25) is 0 Å². The third-order valence-corrected chi connectivity index (χ3v) is 4.87. The smallest absolute Gasteiger partial charge is 0.326 e. The number of amides is 2. The predicted octanol–water partition coefficient (Wildman–Crippen LogP) is -1.23. The van der Waals surface area contributed by atoms with Crippen LogP contribution in [0.3, 0.4) is 0 Å². The highest BCUT2D eigenvalue weighted by atomic mass is 16.4. The first-order valence-electron chi connectivity index (χ1n) is 10.4. The summed E-state index contributed by atoms with van der Waals surface area (Å²) in [5.74, 6) is -3.17. The minimum absolute atomic E-state index is 0.0876. The van der Waals surface area contributed by atoms with Gasteiger partial charge in [-0.1, -0.05) is 6.58 Å². The fraction of sp³-hybridized carbons (Fsp3) is 0.333. The van der Waals surface area contributed by atoms with E-state index < -0.39 is 29.8 Å². The molecule has 1 aliphatic rings. The predicted molar refractivity (Wildman–Crippen MR) is 123 cm³/mol. The lowest BCUT2D eigenvalue weighted by molar-refractivity contribution is -0.140. The number of primary amides is 1. The first-order chi connectivity index (χ1) is 16.1. The van der Waals surface area contributed by atoms with Gasteiger partial charge in [0.2, 0.25) is 0 Å². The number of nitrogens with one attached hydrogen (secondary N) is 5. The molecule has 2 unspecified atom stereocenters. The number of nitrogens with two attached hydrogens (primary N) is 2. The number of aliphatic carboxylic acids is 2. The van der Waals surface area contributed by atoms with Crippen molar-refractivity contribution in [3.8, 4) is 0 Å². The van der Waals surface area contributed by atoms with E-state index in [9.17, 15) is 19.2 Å². The lowest BCUT2D eigenvalue weighted by Crippen LogP contribution is -2.51. The van der Waals surface area contributed by atoms with Gasteiger partial charge in [-0.3, -0.25) is 14.4 Å². The summed E-state index contributed by atoms with van der Waals surface area (Å²) in [5.41, 5.74) is 12.1. The molecule has 1 aromatic rings. The number of hydrogen-bond donors (Lipinski definition) is 9. The molecule has 1 aliphatic heterocycles. The molecule has 0 fully saturated rings. The van der Waals surface area contributed by atoms with Gasteiger partial charge in [0.1, 0.15) is 17.6 Å². The molecule has 0 bridgehead atoms. The van der Waals surface area contributed by atoms with E-state index >= 15 is 0 Å². The molecule has 2 rings (SSSR count). The molecular formula is C21H29N7O6. The van der Waals surface area contributed by atoms with E-state index in [-0.39, 0.29) is 36.0 Å². The molecule has 2 atom stereocenters. The fourth-order valence-electron chi connectivity index (χ4n) is 3.17. The molecule has 34 heavy (non-hydrogen) atoms. The van der Waals surface area contributed by atoms with Crippen molar-refractivity contribution < 1.29 is 29.4 Å². The van der Waals surface area contributed by atoms with Crippen molar-refractivity contribution in [3.05, 3.63) is 53.7 Å². The van der Waals surface area contributed by atoms with Gasteiger partial charge >= 0.3 is 11.9 Å². The quantitative estimate of drug-likeness (QED) is 0.164. The Balaban J connectivity index is 1.86. The number of carbonyl (C=O) groups is 4. The maximum Gasteiger partial charge on any atom is 0.326 e. The number of carbonyl (C=O) groups excluding carboxylic acids is 2. The summed E-state index contributed by atoms with van der Waals surface area (Å²) in [6, 6.07) is 5.00. The van der Waals surface area contributed by atoms with Crippen LogP contribution in [0.25, 0.3) is 0 Å². The van der Waals surface area contributed by atoms with Crippen LogP contribution < -0.4 is 38.1 Å². The molecule has 0 aliphatic carbocycles. The molecule has 0 saturated carbocycles. The number of hydrogen-bond acceptors (Lipinski definition) is 9. The number of rotatable bonds is 13. The molecule has 1 heterocycles. The van der Waals surface area contributed by atoms with Gasteiger partial charge < -0.3 is 48.3 Å². The van der Waals surface area contributed by atoms with E-state index in [0.29, 0.717) is 25.3 Å². The van der Waals surface area contributed by atoms with Crippen molar-refractivity contribution in [2.24, 2.45) is 11.5 Å². The maximum absolute atomic E-state index is 12.3. The van der Waals surface area contributed by atoms with E-state index in [4.69, 9.17) is 21.7 Å². The van der Waals surface area contributed by atoms with Gasteiger partial charge in [-0.2, -0.15) is 0 Å². The second-order valence-corrected chi connectivity index (χ2v) is 7.58.